The summed E-state index contributed by atoms with van der Waals surface area (Å²) in [5, 5.41) is 19.2. The minimum Gasteiger partial charge on any atom is -0.395 e. The van der Waals surface area contributed by atoms with Crippen LogP contribution < -0.4 is 5.32 Å². The first-order valence-corrected chi connectivity index (χ1v) is 5.32. The van der Waals surface area contributed by atoms with Crippen LogP contribution in [0, 0.1) is 0 Å². The Balaban J connectivity index is 2.66. The molecule has 4 heteroatoms. The molecule has 0 unspecified atom stereocenters. The third-order valence-corrected chi connectivity index (χ3v) is 2.38. The van der Waals surface area contributed by atoms with Crippen LogP contribution in [0.25, 0.3) is 0 Å². The van der Waals surface area contributed by atoms with Crippen molar-refractivity contribution in [2.75, 3.05) is 6.61 Å². The third-order valence-electron chi connectivity index (χ3n) is 2.38. The molecule has 0 radical (unpaired) electrons. The molecule has 0 saturated heterocycles. The van der Waals surface area contributed by atoms with Gasteiger partial charge in [-0.15, -0.1) is 0 Å². The van der Waals surface area contributed by atoms with E-state index in [9.17, 15) is 0 Å². The molecule has 0 fully saturated rings. The van der Waals surface area contributed by atoms with E-state index in [0.29, 0.717) is 0 Å². The number of rotatable bonds is 4. The molecule has 1 rings (SSSR count). The van der Waals surface area contributed by atoms with Crippen molar-refractivity contribution in [2.45, 2.75) is 45.7 Å². The predicted molar refractivity (Wildman–Crippen MR) is 60.7 cm³/mol. The molecule has 0 saturated carbocycles. The van der Waals surface area contributed by atoms with Crippen LogP contribution in [0.4, 0.5) is 0 Å². The Hall–Kier alpha value is -0.870. The first-order chi connectivity index (χ1) is 6.95. The minimum atomic E-state index is 0.0793. The molecule has 0 aliphatic rings. The summed E-state index contributed by atoms with van der Waals surface area (Å²) < 4.78 is 0. The van der Waals surface area contributed by atoms with E-state index >= 15 is 0 Å². The van der Waals surface area contributed by atoms with Crippen LogP contribution in [-0.2, 0) is 12.0 Å². The highest BCUT2D eigenvalue weighted by molar-refractivity contribution is 5.23. The fraction of sp³-hybridized carbons (Fsp3) is 0.727. The second-order valence-electron chi connectivity index (χ2n) is 4.98. The molecule has 0 amide bonds. The van der Waals surface area contributed by atoms with Crippen LogP contribution in [0.5, 0.6) is 0 Å². The Morgan fingerprint density at radius 1 is 1.53 bits per heavy atom. The number of aliphatic hydroxyl groups excluding tert-OH is 1. The van der Waals surface area contributed by atoms with Crippen LogP contribution in [-0.4, -0.2) is 28.0 Å². The van der Waals surface area contributed by atoms with Crippen LogP contribution in [0.1, 0.15) is 39.0 Å². The van der Waals surface area contributed by atoms with Crippen molar-refractivity contribution in [3.8, 4) is 0 Å². The Labute approximate surface area is 91.1 Å². The van der Waals surface area contributed by atoms with Crippen molar-refractivity contribution < 1.29 is 5.11 Å². The highest BCUT2D eigenvalue weighted by Crippen LogP contribution is 2.23. The maximum atomic E-state index is 8.91. The van der Waals surface area contributed by atoms with E-state index in [0.717, 1.165) is 12.2 Å². The van der Waals surface area contributed by atoms with Gasteiger partial charge < -0.3 is 10.4 Å². The van der Waals surface area contributed by atoms with E-state index in [1.165, 1.54) is 5.56 Å². The zero-order valence-electron chi connectivity index (χ0n) is 9.96. The summed E-state index contributed by atoms with van der Waals surface area (Å²) >= 11 is 0. The second-order valence-corrected chi connectivity index (χ2v) is 4.98. The first-order valence-electron chi connectivity index (χ1n) is 5.32. The van der Waals surface area contributed by atoms with Crippen LogP contribution in [0.3, 0.4) is 0 Å². The van der Waals surface area contributed by atoms with Crippen molar-refractivity contribution in [1.29, 1.82) is 0 Å². The monoisotopic (exact) mass is 211 g/mol. The van der Waals surface area contributed by atoms with Crippen molar-refractivity contribution in [2.24, 2.45) is 0 Å². The molecule has 4 nitrogen and oxygen atoms in total. The lowest BCUT2D eigenvalue weighted by Gasteiger charge is -2.19. The number of aromatic nitrogens is 2. The smallest absolute Gasteiger partial charge is 0.0582 e. The minimum absolute atomic E-state index is 0.0793. The molecule has 1 aromatic heterocycles. The van der Waals surface area contributed by atoms with Gasteiger partial charge in [-0.3, -0.25) is 5.10 Å². The SMILES string of the molecule is C[C@@H](CO)NCc1cn[nH]c1C(C)(C)C. The lowest BCUT2D eigenvalue weighted by atomic mass is 9.89. The van der Waals surface area contributed by atoms with Crippen LogP contribution >= 0.6 is 0 Å². The Bertz CT molecular complexity index is 301. The van der Waals surface area contributed by atoms with Gasteiger partial charge in [0.05, 0.1) is 12.8 Å². The molecular weight excluding hydrogens is 190 g/mol. The lowest BCUT2D eigenvalue weighted by Crippen LogP contribution is -2.29. The first kappa shape index (κ1) is 12.2. The van der Waals surface area contributed by atoms with Crippen LogP contribution in [0.15, 0.2) is 6.20 Å². The molecule has 0 aliphatic carbocycles. The molecule has 0 aliphatic heterocycles. The van der Waals surface area contributed by atoms with Gasteiger partial charge in [0.15, 0.2) is 0 Å². The van der Waals surface area contributed by atoms with Crippen molar-refractivity contribution in [3.05, 3.63) is 17.5 Å². The molecule has 3 N–H and O–H groups in total. The summed E-state index contributed by atoms with van der Waals surface area (Å²) in [4.78, 5) is 0. The predicted octanol–water partition coefficient (Wildman–Crippen LogP) is 1.18. The summed E-state index contributed by atoms with van der Waals surface area (Å²) in [6.45, 7) is 9.31. The highest BCUT2D eigenvalue weighted by atomic mass is 16.3. The molecular formula is C11H21N3O. The summed E-state index contributed by atoms with van der Waals surface area (Å²) in [6, 6.07) is 0.118. The zero-order valence-corrected chi connectivity index (χ0v) is 9.96. The van der Waals surface area contributed by atoms with Gasteiger partial charge in [0.1, 0.15) is 0 Å². The van der Waals surface area contributed by atoms with Gasteiger partial charge in [-0.05, 0) is 6.92 Å². The van der Waals surface area contributed by atoms with Gasteiger partial charge >= 0.3 is 0 Å². The number of nitrogens with zero attached hydrogens (tertiary/aromatic N) is 1. The van der Waals surface area contributed by atoms with Crippen molar-refractivity contribution in [1.82, 2.24) is 15.5 Å². The number of aliphatic hydroxyl groups is 1. The molecule has 86 valence electrons. The fourth-order valence-electron chi connectivity index (χ4n) is 1.44. The number of aromatic amines is 1. The van der Waals surface area contributed by atoms with E-state index in [-0.39, 0.29) is 18.1 Å². The average Bonchev–Trinajstić information content (AvgIpc) is 2.61. The Morgan fingerprint density at radius 3 is 2.73 bits per heavy atom. The number of hydrogen-bond acceptors (Lipinski definition) is 3. The largest absolute Gasteiger partial charge is 0.395 e. The molecule has 1 aromatic rings. The van der Waals surface area contributed by atoms with Gasteiger partial charge in [-0.25, -0.2) is 0 Å². The number of nitrogens with one attached hydrogen (secondary N) is 2. The van der Waals surface area contributed by atoms with E-state index in [4.69, 9.17) is 5.11 Å². The van der Waals surface area contributed by atoms with Crippen LogP contribution in [0.2, 0.25) is 0 Å². The second kappa shape index (κ2) is 4.77. The molecule has 15 heavy (non-hydrogen) atoms. The quantitative estimate of drug-likeness (QED) is 0.701. The standard InChI is InChI=1S/C11H21N3O/c1-8(7-15)12-5-9-6-13-14-10(9)11(2,3)4/h6,8,12,15H,5,7H2,1-4H3,(H,13,14)/t8-/m0/s1. The molecule has 1 heterocycles. The van der Waals surface area contributed by atoms with E-state index in [1.807, 2.05) is 13.1 Å². The van der Waals surface area contributed by atoms with Crippen molar-refractivity contribution in [3.63, 3.8) is 0 Å². The summed E-state index contributed by atoms with van der Waals surface area (Å²) in [5.41, 5.74) is 2.40. The van der Waals surface area contributed by atoms with Gasteiger partial charge in [-0.2, -0.15) is 5.10 Å². The third kappa shape index (κ3) is 3.32. The molecule has 0 spiro atoms. The fourth-order valence-corrected chi connectivity index (χ4v) is 1.44. The summed E-state index contributed by atoms with van der Waals surface area (Å²) in [6.07, 6.45) is 1.84. The zero-order chi connectivity index (χ0) is 11.5. The van der Waals surface area contributed by atoms with Gasteiger partial charge in [0.2, 0.25) is 0 Å². The topological polar surface area (TPSA) is 60.9 Å². The van der Waals surface area contributed by atoms with E-state index < -0.39 is 0 Å². The van der Waals surface area contributed by atoms with Gasteiger partial charge in [-0.1, -0.05) is 20.8 Å². The normalized spacial score (nSPS) is 14.2. The maximum absolute atomic E-state index is 8.91. The van der Waals surface area contributed by atoms with Gasteiger partial charge in [0, 0.05) is 29.3 Å². The summed E-state index contributed by atoms with van der Waals surface area (Å²) in [7, 11) is 0. The number of H-pyrrole nitrogens is 1. The maximum Gasteiger partial charge on any atom is 0.0582 e. The van der Waals surface area contributed by atoms with E-state index in [2.05, 4.69) is 36.3 Å². The average molecular weight is 211 g/mol. The molecule has 1 atom stereocenters. The molecule has 0 aromatic carbocycles. The van der Waals surface area contributed by atoms with Gasteiger partial charge in [0.25, 0.3) is 0 Å². The Morgan fingerprint density at radius 2 is 2.20 bits per heavy atom. The lowest BCUT2D eigenvalue weighted by molar-refractivity contribution is 0.251. The Kier molecular flexibility index (Phi) is 3.88. The van der Waals surface area contributed by atoms with Crippen molar-refractivity contribution >= 4 is 0 Å². The highest BCUT2D eigenvalue weighted by Gasteiger charge is 2.19. The van der Waals surface area contributed by atoms with E-state index in [1.54, 1.807) is 0 Å². The summed E-state index contributed by atoms with van der Waals surface area (Å²) in [5.74, 6) is 0. The molecule has 0 bridgehead atoms. The number of hydrogen-bond donors (Lipinski definition) is 3.